The van der Waals surface area contributed by atoms with Gasteiger partial charge in [-0.15, -0.1) is 0 Å². The number of rotatable bonds is 7. The molecule has 1 aromatic carbocycles. The largest absolute Gasteiger partial charge is 0.495 e. The number of nitro groups is 1. The highest BCUT2D eigenvalue weighted by atomic mass is 16.6. The monoisotopic (exact) mass is 306 g/mol. The molecule has 22 heavy (non-hydrogen) atoms. The molecule has 8 heteroatoms. The molecular weight excluding hydrogens is 288 g/mol. The predicted molar refractivity (Wildman–Crippen MR) is 79.8 cm³/mol. The maximum absolute atomic E-state index is 10.8. The van der Waals surface area contributed by atoms with E-state index in [0.717, 1.165) is 6.42 Å². The van der Waals surface area contributed by atoms with Crippen LogP contribution in [0.3, 0.4) is 0 Å². The molecule has 0 saturated carbocycles. The van der Waals surface area contributed by atoms with Gasteiger partial charge >= 0.3 is 0 Å². The Morgan fingerprint density at radius 1 is 1.45 bits per heavy atom. The molecule has 2 rings (SSSR count). The lowest BCUT2D eigenvalue weighted by Crippen LogP contribution is -2.03. The second-order valence-corrected chi connectivity index (χ2v) is 5.20. The van der Waals surface area contributed by atoms with E-state index in [2.05, 4.69) is 29.3 Å². The van der Waals surface area contributed by atoms with Gasteiger partial charge in [0.05, 0.1) is 24.3 Å². The third-order valence-electron chi connectivity index (χ3n) is 2.92. The number of nitrogens with zero attached hydrogens (tertiary/aromatic N) is 3. The van der Waals surface area contributed by atoms with Gasteiger partial charge in [-0.2, -0.15) is 4.98 Å². The summed E-state index contributed by atoms with van der Waals surface area (Å²) in [6.45, 7) is 4.41. The Morgan fingerprint density at radius 2 is 2.23 bits per heavy atom. The van der Waals surface area contributed by atoms with Crippen LogP contribution in [0.15, 0.2) is 22.7 Å². The number of methoxy groups -OCH3 is 1. The van der Waals surface area contributed by atoms with Crippen LogP contribution < -0.4 is 10.1 Å². The molecule has 118 valence electrons. The predicted octanol–water partition coefficient (Wildman–Crippen LogP) is 2.80. The number of anilines is 1. The second-order valence-electron chi connectivity index (χ2n) is 5.20. The maximum atomic E-state index is 10.8. The Balaban J connectivity index is 2.08. The molecule has 1 N–H and O–H groups in total. The zero-order valence-corrected chi connectivity index (χ0v) is 12.7. The molecule has 2 aromatic rings. The fraction of sp³-hybridized carbons (Fsp3) is 0.429. The Bertz CT molecular complexity index is 654. The van der Waals surface area contributed by atoms with Crippen LogP contribution in [0.5, 0.6) is 5.75 Å². The second kappa shape index (κ2) is 6.88. The summed E-state index contributed by atoms with van der Waals surface area (Å²) in [6, 6.07) is 4.33. The van der Waals surface area contributed by atoms with Crippen LogP contribution in [0.2, 0.25) is 0 Å². The van der Waals surface area contributed by atoms with Crippen LogP contribution in [-0.4, -0.2) is 22.2 Å². The lowest BCUT2D eigenvalue weighted by molar-refractivity contribution is -0.384. The van der Waals surface area contributed by atoms with Crippen molar-refractivity contribution in [2.45, 2.75) is 26.8 Å². The lowest BCUT2D eigenvalue weighted by atomic mass is 10.1. The SMILES string of the molecule is COc1ccc([N+](=O)[O-])cc1NCc1nc(CC(C)C)no1. The third kappa shape index (κ3) is 3.94. The van der Waals surface area contributed by atoms with Gasteiger partial charge in [0, 0.05) is 18.6 Å². The first-order valence-electron chi connectivity index (χ1n) is 6.87. The fourth-order valence-corrected chi connectivity index (χ4v) is 1.93. The Labute approximate surface area is 127 Å². The van der Waals surface area contributed by atoms with Crippen molar-refractivity contribution in [1.29, 1.82) is 0 Å². The van der Waals surface area contributed by atoms with E-state index in [9.17, 15) is 10.1 Å². The van der Waals surface area contributed by atoms with E-state index < -0.39 is 4.92 Å². The highest BCUT2D eigenvalue weighted by Crippen LogP contribution is 2.29. The third-order valence-corrected chi connectivity index (χ3v) is 2.92. The minimum atomic E-state index is -0.460. The highest BCUT2D eigenvalue weighted by Gasteiger charge is 2.13. The molecule has 0 aliphatic rings. The van der Waals surface area contributed by atoms with Crippen LogP contribution in [0.1, 0.15) is 25.6 Å². The molecule has 0 unspecified atom stereocenters. The van der Waals surface area contributed by atoms with Crippen LogP contribution in [0.4, 0.5) is 11.4 Å². The molecule has 1 aromatic heterocycles. The number of hydrogen-bond acceptors (Lipinski definition) is 7. The first-order chi connectivity index (χ1) is 10.5. The molecule has 0 amide bonds. The Hall–Kier alpha value is -2.64. The molecule has 0 saturated heterocycles. The van der Waals surface area contributed by atoms with Gasteiger partial charge in [0.2, 0.25) is 5.89 Å². The topological polar surface area (TPSA) is 103 Å². The lowest BCUT2D eigenvalue weighted by Gasteiger charge is -2.09. The highest BCUT2D eigenvalue weighted by molar-refractivity contribution is 5.61. The van der Waals surface area contributed by atoms with Crippen LogP contribution in [0, 0.1) is 16.0 Å². The van der Waals surface area contributed by atoms with E-state index >= 15 is 0 Å². The number of hydrogen-bond donors (Lipinski definition) is 1. The zero-order valence-electron chi connectivity index (χ0n) is 12.7. The molecule has 0 radical (unpaired) electrons. The minimum absolute atomic E-state index is 0.0191. The number of nitro benzene ring substituents is 1. The Morgan fingerprint density at radius 3 is 2.86 bits per heavy atom. The normalized spacial score (nSPS) is 10.7. The van der Waals surface area contributed by atoms with E-state index in [0.29, 0.717) is 29.1 Å². The first-order valence-corrected chi connectivity index (χ1v) is 6.87. The van der Waals surface area contributed by atoms with Crippen LogP contribution in [0.25, 0.3) is 0 Å². The van der Waals surface area contributed by atoms with Crippen molar-refractivity contribution in [1.82, 2.24) is 10.1 Å². The van der Waals surface area contributed by atoms with Crippen LogP contribution >= 0.6 is 0 Å². The molecule has 0 aliphatic heterocycles. The molecule has 0 fully saturated rings. The minimum Gasteiger partial charge on any atom is -0.495 e. The number of non-ortho nitro benzene ring substituents is 1. The smallest absolute Gasteiger partial charge is 0.271 e. The number of aromatic nitrogens is 2. The van der Waals surface area contributed by atoms with Crippen molar-refractivity contribution < 1.29 is 14.2 Å². The summed E-state index contributed by atoms with van der Waals surface area (Å²) < 4.78 is 10.3. The summed E-state index contributed by atoms with van der Waals surface area (Å²) in [5, 5.41) is 17.7. The summed E-state index contributed by atoms with van der Waals surface area (Å²) in [7, 11) is 1.50. The van der Waals surface area contributed by atoms with Gasteiger partial charge < -0.3 is 14.6 Å². The summed E-state index contributed by atoms with van der Waals surface area (Å²) in [6.07, 6.45) is 0.740. The van der Waals surface area contributed by atoms with Gasteiger partial charge in [-0.3, -0.25) is 10.1 Å². The molecule has 8 nitrogen and oxygen atoms in total. The van der Waals surface area contributed by atoms with E-state index in [1.54, 1.807) is 6.07 Å². The summed E-state index contributed by atoms with van der Waals surface area (Å²) in [5.41, 5.74) is 0.481. The van der Waals surface area contributed by atoms with Crippen LogP contribution in [-0.2, 0) is 13.0 Å². The van der Waals surface area contributed by atoms with Gasteiger partial charge in [-0.25, -0.2) is 0 Å². The van der Waals surface area contributed by atoms with Gasteiger partial charge in [0.25, 0.3) is 5.69 Å². The molecule has 0 atom stereocenters. The van der Waals surface area contributed by atoms with E-state index in [-0.39, 0.29) is 12.2 Å². The summed E-state index contributed by atoms with van der Waals surface area (Å²) in [4.78, 5) is 14.6. The number of benzene rings is 1. The standard InChI is InChI=1S/C14H18N4O4/c1-9(2)6-13-16-14(22-17-13)8-15-11-7-10(18(19)20)4-5-12(11)21-3/h4-5,7,9,15H,6,8H2,1-3H3. The van der Waals surface area contributed by atoms with Crippen molar-refractivity contribution in [2.24, 2.45) is 5.92 Å². The van der Waals surface area contributed by atoms with Crippen molar-refractivity contribution in [3.63, 3.8) is 0 Å². The Kier molecular flexibility index (Phi) is 4.92. The van der Waals surface area contributed by atoms with Crippen molar-refractivity contribution in [3.8, 4) is 5.75 Å². The molecular formula is C14H18N4O4. The van der Waals surface area contributed by atoms with Crippen molar-refractivity contribution >= 4 is 11.4 Å². The van der Waals surface area contributed by atoms with Gasteiger partial charge in [-0.05, 0) is 12.0 Å². The van der Waals surface area contributed by atoms with E-state index in [1.807, 2.05) is 0 Å². The first kappa shape index (κ1) is 15.7. The average molecular weight is 306 g/mol. The van der Waals surface area contributed by atoms with E-state index in [4.69, 9.17) is 9.26 Å². The molecule has 0 aliphatic carbocycles. The number of ether oxygens (including phenoxy) is 1. The van der Waals surface area contributed by atoms with Gasteiger partial charge in [0.1, 0.15) is 5.75 Å². The number of nitrogens with one attached hydrogen (secondary N) is 1. The van der Waals surface area contributed by atoms with Crippen molar-refractivity contribution in [2.75, 3.05) is 12.4 Å². The molecule has 0 spiro atoms. The van der Waals surface area contributed by atoms with E-state index in [1.165, 1.54) is 19.2 Å². The van der Waals surface area contributed by atoms with Crippen molar-refractivity contribution in [3.05, 3.63) is 40.0 Å². The quantitative estimate of drug-likeness (QED) is 0.619. The van der Waals surface area contributed by atoms with Gasteiger partial charge in [-0.1, -0.05) is 19.0 Å². The summed E-state index contributed by atoms with van der Waals surface area (Å²) >= 11 is 0. The maximum Gasteiger partial charge on any atom is 0.271 e. The summed E-state index contributed by atoms with van der Waals surface area (Å²) in [5.74, 6) is 2.02. The van der Waals surface area contributed by atoms with Gasteiger partial charge in [0.15, 0.2) is 5.82 Å². The fourth-order valence-electron chi connectivity index (χ4n) is 1.93. The molecule has 0 bridgehead atoms. The average Bonchev–Trinajstić information content (AvgIpc) is 2.91. The molecule has 1 heterocycles. The zero-order chi connectivity index (χ0) is 16.1.